The SMILES string of the molecule is CCOP(=O)(CCN1n2cc(C(=O)NCc3ccc(F)cc3F)c(=O)c(O)c2C(=O)N(CC)C12CCCC2)OCC. The molecule has 224 valence electrons. The predicted octanol–water partition coefficient (Wildman–Crippen LogP) is 3.71. The Morgan fingerprint density at radius 1 is 1.12 bits per heavy atom. The van der Waals surface area contributed by atoms with Crippen molar-refractivity contribution in [3.05, 3.63) is 63.1 Å². The molecule has 14 heteroatoms. The Morgan fingerprint density at radius 2 is 1.78 bits per heavy atom. The lowest BCUT2D eigenvalue weighted by molar-refractivity contribution is 0.0296. The zero-order chi connectivity index (χ0) is 29.9. The van der Waals surface area contributed by atoms with E-state index < -0.39 is 53.4 Å². The Labute approximate surface area is 236 Å². The van der Waals surface area contributed by atoms with Gasteiger partial charge in [-0.15, -0.1) is 0 Å². The molecule has 0 bridgehead atoms. The molecule has 2 heterocycles. The number of hydrogen-bond donors (Lipinski definition) is 2. The number of nitrogens with zero attached hydrogens (tertiary/aromatic N) is 3. The number of aromatic nitrogens is 1. The van der Waals surface area contributed by atoms with Crippen LogP contribution in [0.4, 0.5) is 8.78 Å². The van der Waals surface area contributed by atoms with Crippen molar-refractivity contribution in [2.75, 3.05) is 37.5 Å². The number of pyridine rings is 1. The van der Waals surface area contributed by atoms with Gasteiger partial charge in [-0.2, -0.15) is 0 Å². The minimum Gasteiger partial charge on any atom is -0.502 e. The van der Waals surface area contributed by atoms with Crippen molar-refractivity contribution >= 4 is 19.4 Å². The Bertz CT molecular complexity index is 1420. The standard InChI is InChI=1S/C27H35F2N4O7P/c1-4-31-26(37)22-24(35)23(34)20(25(36)30-16-18-9-10-19(28)15-21(18)29)17-32(22)33(27(31)11-7-8-12-27)13-14-41(38,39-5-2)40-6-3/h9-10,15,17,35H,4-8,11-14,16H2,1-3H3,(H,30,36). The van der Waals surface area contributed by atoms with Crippen LogP contribution in [0.3, 0.4) is 0 Å². The maximum absolute atomic E-state index is 14.1. The Kier molecular flexibility index (Phi) is 9.20. The van der Waals surface area contributed by atoms with Gasteiger partial charge >= 0.3 is 7.60 Å². The van der Waals surface area contributed by atoms with Crippen LogP contribution in [-0.4, -0.2) is 64.6 Å². The van der Waals surface area contributed by atoms with Crippen LogP contribution in [0.5, 0.6) is 5.75 Å². The first kappa shape index (κ1) is 30.7. The molecule has 2 N–H and O–H groups in total. The lowest BCUT2D eigenvalue weighted by atomic mass is 10.0. The van der Waals surface area contributed by atoms with Crippen molar-refractivity contribution in [1.29, 1.82) is 0 Å². The van der Waals surface area contributed by atoms with E-state index in [0.29, 0.717) is 18.9 Å². The van der Waals surface area contributed by atoms with Crippen LogP contribution >= 0.6 is 7.60 Å². The lowest BCUT2D eigenvalue weighted by Crippen LogP contribution is -2.70. The fourth-order valence-electron chi connectivity index (χ4n) is 5.73. The van der Waals surface area contributed by atoms with Gasteiger partial charge in [0, 0.05) is 37.5 Å². The van der Waals surface area contributed by atoms with Crippen molar-refractivity contribution in [3.8, 4) is 5.75 Å². The molecule has 0 atom stereocenters. The van der Waals surface area contributed by atoms with Crippen LogP contribution in [0.2, 0.25) is 0 Å². The summed E-state index contributed by atoms with van der Waals surface area (Å²) in [7, 11) is -3.53. The largest absolute Gasteiger partial charge is 0.502 e. The smallest absolute Gasteiger partial charge is 0.332 e. The van der Waals surface area contributed by atoms with Gasteiger partial charge in [-0.3, -0.25) is 28.6 Å². The molecular formula is C27H35F2N4O7P. The molecule has 4 rings (SSSR count). The van der Waals surface area contributed by atoms with Crippen molar-refractivity contribution in [2.24, 2.45) is 0 Å². The summed E-state index contributed by atoms with van der Waals surface area (Å²) < 4.78 is 53.0. The van der Waals surface area contributed by atoms with E-state index in [1.54, 1.807) is 30.7 Å². The van der Waals surface area contributed by atoms with Crippen LogP contribution < -0.4 is 15.8 Å². The van der Waals surface area contributed by atoms with Gasteiger partial charge < -0.3 is 24.4 Å². The minimum absolute atomic E-state index is 0.00932. The van der Waals surface area contributed by atoms with Crippen molar-refractivity contribution in [3.63, 3.8) is 0 Å². The summed E-state index contributed by atoms with van der Waals surface area (Å²) in [6.45, 7) is 5.49. The fourth-order valence-corrected chi connectivity index (χ4v) is 7.29. The van der Waals surface area contributed by atoms with Crippen LogP contribution in [0.25, 0.3) is 0 Å². The molecule has 2 aliphatic rings. The number of hydrogen-bond acceptors (Lipinski definition) is 8. The summed E-state index contributed by atoms with van der Waals surface area (Å²) in [5.41, 5.74) is -2.76. The Morgan fingerprint density at radius 3 is 2.37 bits per heavy atom. The van der Waals surface area contributed by atoms with Gasteiger partial charge in [-0.05, 0) is 52.5 Å². The molecule has 41 heavy (non-hydrogen) atoms. The quantitative estimate of drug-likeness (QED) is 0.376. The number of aromatic hydroxyl groups is 1. The van der Waals surface area contributed by atoms with E-state index in [-0.39, 0.29) is 50.3 Å². The monoisotopic (exact) mass is 596 g/mol. The molecule has 1 aromatic heterocycles. The summed E-state index contributed by atoms with van der Waals surface area (Å²) in [6.07, 6.45) is 3.85. The summed E-state index contributed by atoms with van der Waals surface area (Å²) in [5.74, 6) is -4.06. The lowest BCUT2D eigenvalue weighted by Gasteiger charge is -2.54. The third-order valence-electron chi connectivity index (χ3n) is 7.51. The van der Waals surface area contributed by atoms with E-state index in [4.69, 9.17) is 9.05 Å². The minimum atomic E-state index is -3.53. The average Bonchev–Trinajstić information content (AvgIpc) is 3.40. The van der Waals surface area contributed by atoms with Gasteiger partial charge in [-0.25, -0.2) is 8.78 Å². The molecule has 0 saturated heterocycles. The van der Waals surface area contributed by atoms with Crippen molar-refractivity contribution < 1.29 is 37.1 Å². The van der Waals surface area contributed by atoms with Gasteiger partial charge in [0.05, 0.1) is 19.4 Å². The van der Waals surface area contributed by atoms with Gasteiger partial charge in [-0.1, -0.05) is 6.07 Å². The molecule has 1 fully saturated rings. The molecular weight excluding hydrogens is 561 g/mol. The number of halogens is 2. The maximum atomic E-state index is 14.1. The summed E-state index contributed by atoms with van der Waals surface area (Å²) >= 11 is 0. The van der Waals surface area contributed by atoms with E-state index in [1.807, 2.05) is 0 Å². The van der Waals surface area contributed by atoms with Crippen LogP contribution in [-0.2, 0) is 20.2 Å². The van der Waals surface area contributed by atoms with Crippen LogP contribution in [0.1, 0.15) is 72.9 Å². The Hall–Kier alpha value is -3.28. The highest BCUT2D eigenvalue weighted by Crippen LogP contribution is 2.49. The molecule has 1 aliphatic heterocycles. The van der Waals surface area contributed by atoms with E-state index in [9.17, 15) is 32.8 Å². The fraction of sp³-hybridized carbons (Fsp3) is 0.519. The number of carbonyl (C=O) groups excluding carboxylic acids is 2. The van der Waals surface area contributed by atoms with Crippen LogP contribution in [0.15, 0.2) is 29.2 Å². The van der Waals surface area contributed by atoms with E-state index in [1.165, 1.54) is 16.9 Å². The normalized spacial score (nSPS) is 16.4. The number of carbonyl (C=O) groups is 2. The number of amides is 2. The third-order valence-corrected chi connectivity index (χ3v) is 9.56. The van der Waals surface area contributed by atoms with Gasteiger partial charge in [0.1, 0.15) is 22.9 Å². The second-order valence-electron chi connectivity index (χ2n) is 9.86. The van der Waals surface area contributed by atoms with E-state index in [0.717, 1.165) is 18.9 Å². The summed E-state index contributed by atoms with van der Waals surface area (Å²) in [6, 6.07) is 2.88. The predicted molar refractivity (Wildman–Crippen MR) is 147 cm³/mol. The topological polar surface area (TPSA) is 130 Å². The number of nitrogens with one attached hydrogen (secondary N) is 1. The molecule has 2 amide bonds. The van der Waals surface area contributed by atoms with Gasteiger partial charge in [0.15, 0.2) is 11.4 Å². The number of benzene rings is 1. The number of rotatable bonds is 11. The second kappa shape index (κ2) is 12.3. The molecule has 1 spiro atoms. The molecule has 2 aromatic rings. The Balaban J connectivity index is 1.78. The molecule has 0 radical (unpaired) electrons. The molecule has 1 saturated carbocycles. The van der Waals surface area contributed by atoms with E-state index >= 15 is 0 Å². The first-order valence-electron chi connectivity index (χ1n) is 13.7. The average molecular weight is 597 g/mol. The van der Waals surface area contributed by atoms with Gasteiger partial charge in [0.2, 0.25) is 5.43 Å². The number of fused-ring (bicyclic) bond motifs is 1. The van der Waals surface area contributed by atoms with E-state index in [2.05, 4.69) is 5.32 Å². The van der Waals surface area contributed by atoms with Crippen molar-refractivity contribution in [1.82, 2.24) is 14.9 Å². The molecule has 1 aromatic carbocycles. The molecule has 0 unspecified atom stereocenters. The zero-order valence-electron chi connectivity index (χ0n) is 23.3. The second-order valence-corrected chi connectivity index (χ2v) is 12.0. The highest BCUT2D eigenvalue weighted by Gasteiger charge is 2.52. The summed E-state index contributed by atoms with van der Waals surface area (Å²) in [5, 5.41) is 15.1. The first-order chi connectivity index (χ1) is 19.5. The molecule has 1 aliphatic carbocycles. The molecule has 11 nitrogen and oxygen atoms in total. The summed E-state index contributed by atoms with van der Waals surface area (Å²) in [4.78, 5) is 41.6. The highest BCUT2D eigenvalue weighted by molar-refractivity contribution is 7.53. The van der Waals surface area contributed by atoms with Gasteiger partial charge in [0.25, 0.3) is 11.8 Å². The first-order valence-corrected chi connectivity index (χ1v) is 15.4. The highest BCUT2D eigenvalue weighted by atomic mass is 31.2. The van der Waals surface area contributed by atoms with Crippen LogP contribution in [0, 0.1) is 11.6 Å². The van der Waals surface area contributed by atoms with Crippen molar-refractivity contribution in [2.45, 2.75) is 58.7 Å². The third kappa shape index (κ3) is 5.75. The zero-order valence-corrected chi connectivity index (χ0v) is 24.2. The maximum Gasteiger partial charge on any atom is 0.332 e.